The molecule has 1 fully saturated rings. The number of halogens is 1. The summed E-state index contributed by atoms with van der Waals surface area (Å²) in [4.78, 5) is 0. The van der Waals surface area contributed by atoms with Crippen molar-refractivity contribution in [1.29, 1.82) is 0 Å². The van der Waals surface area contributed by atoms with E-state index in [-0.39, 0.29) is 0 Å². The maximum Gasteiger partial charge on any atom is 0.0576 e. The van der Waals surface area contributed by atoms with Crippen LogP contribution in [0.25, 0.3) is 0 Å². The van der Waals surface area contributed by atoms with Crippen molar-refractivity contribution < 1.29 is 4.74 Å². The van der Waals surface area contributed by atoms with Gasteiger partial charge in [-0.1, -0.05) is 32.6 Å². The number of alkyl halides is 1. The molecule has 1 rings (SSSR count). The molecule has 0 aromatic carbocycles. The lowest BCUT2D eigenvalue weighted by molar-refractivity contribution is 0.102. The molecule has 0 N–H and O–H groups in total. The van der Waals surface area contributed by atoms with Gasteiger partial charge >= 0.3 is 0 Å². The van der Waals surface area contributed by atoms with E-state index in [0.717, 1.165) is 6.61 Å². The van der Waals surface area contributed by atoms with E-state index in [1.165, 1.54) is 57.8 Å². The van der Waals surface area contributed by atoms with Crippen molar-refractivity contribution in [3.8, 4) is 0 Å². The Bertz CT molecular complexity index is 143. The van der Waals surface area contributed by atoms with Gasteiger partial charge in [0.2, 0.25) is 0 Å². The van der Waals surface area contributed by atoms with Gasteiger partial charge in [0.05, 0.1) is 6.10 Å². The minimum absolute atomic E-state index is 0.415. The predicted octanol–water partition coefficient (Wildman–Crippen LogP) is 4.52. The van der Waals surface area contributed by atoms with Crippen LogP contribution in [-0.4, -0.2) is 18.1 Å². The normalized spacial score (nSPS) is 23.2. The van der Waals surface area contributed by atoms with Gasteiger partial charge < -0.3 is 4.74 Å². The molecular formula is C13H25ClO. The average molecular weight is 233 g/mol. The molecule has 1 aliphatic rings. The Labute approximate surface area is 99.5 Å². The maximum atomic E-state index is 6.16. The molecule has 0 bridgehead atoms. The van der Waals surface area contributed by atoms with Crippen LogP contribution in [0.1, 0.15) is 64.7 Å². The number of hydrogen-bond donors (Lipinski definition) is 0. The predicted molar refractivity (Wildman–Crippen MR) is 66.6 cm³/mol. The smallest absolute Gasteiger partial charge is 0.0576 e. The van der Waals surface area contributed by atoms with Gasteiger partial charge in [0.25, 0.3) is 0 Å². The van der Waals surface area contributed by atoms with Crippen LogP contribution in [-0.2, 0) is 4.74 Å². The maximum absolute atomic E-state index is 6.16. The highest BCUT2D eigenvalue weighted by molar-refractivity contribution is 6.20. The molecule has 2 atom stereocenters. The Morgan fingerprint density at radius 1 is 1.27 bits per heavy atom. The van der Waals surface area contributed by atoms with Crippen LogP contribution < -0.4 is 0 Å². The first-order valence-electron chi connectivity index (χ1n) is 6.58. The minimum Gasteiger partial charge on any atom is -0.378 e. The molecule has 0 aromatic heterocycles. The summed E-state index contributed by atoms with van der Waals surface area (Å²) in [6.45, 7) is 3.19. The Morgan fingerprint density at radius 3 is 2.80 bits per heavy atom. The van der Waals surface area contributed by atoms with Gasteiger partial charge in [-0.3, -0.25) is 0 Å². The highest BCUT2D eigenvalue weighted by Gasteiger charge is 2.14. The summed E-state index contributed by atoms with van der Waals surface area (Å²) in [6.07, 6.45) is 11.9. The highest BCUT2D eigenvalue weighted by atomic mass is 35.5. The Kier molecular flexibility index (Phi) is 7.46. The molecule has 1 heterocycles. The van der Waals surface area contributed by atoms with Crippen LogP contribution in [0.3, 0.4) is 0 Å². The second-order valence-electron chi connectivity index (χ2n) is 4.66. The van der Waals surface area contributed by atoms with Crippen LogP contribution in [0.2, 0.25) is 0 Å². The van der Waals surface area contributed by atoms with E-state index in [2.05, 4.69) is 6.92 Å². The molecule has 0 amide bonds. The molecule has 0 aliphatic carbocycles. The van der Waals surface area contributed by atoms with Crippen LogP contribution >= 0.6 is 11.6 Å². The third-order valence-corrected chi connectivity index (χ3v) is 3.61. The minimum atomic E-state index is 0.415. The van der Waals surface area contributed by atoms with E-state index >= 15 is 0 Å². The zero-order valence-corrected chi connectivity index (χ0v) is 10.8. The van der Waals surface area contributed by atoms with Crippen LogP contribution in [0.5, 0.6) is 0 Å². The molecule has 90 valence electrons. The van der Waals surface area contributed by atoms with Gasteiger partial charge in [-0.25, -0.2) is 0 Å². The molecule has 15 heavy (non-hydrogen) atoms. The molecule has 1 saturated heterocycles. The fourth-order valence-electron chi connectivity index (χ4n) is 2.24. The lowest BCUT2D eigenvalue weighted by atomic mass is 10.0. The molecule has 0 saturated carbocycles. The van der Waals surface area contributed by atoms with Gasteiger partial charge in [-0.15, -0.1) is 11.6 Å². The first-order valence-corrected chi connectivity index (χ1v) is 7.02. The molecule has 0 aromatic rings. The molecule has 2 heteroatoms. The Balaban J connectivity index is 1.84. The summed E-state index contributed by atoms with van der Waals surface area (Å²) in [6, 6.07) is 0. The number of unbranched alkanes of at least 4 members (excludes halogenated alkanes) is 2. The van der Waals surface area contributed by atoms with E-state index < -0.39 is 0 Å². The lowest BCUT2D eigenvalue weighted by Crippen LogP contribution is -2.04. The zero-order valence-electron chi connectivity index (χ0n) is 10.0. The van der Waals surface area contributed by atoms with Crippen LogP contribution in [0, 0.1) is 0 Å². The number of rotatable bonds is 8. The summed E-state index contributed by atoms with van der Waals surface area (Å²) >= 11 is 6.16. The van der Waals surface area contributed by atoms with E-state index in [9.17, 15) is 0 Å². The number of hydrogen-bond acceptors (Lipinski definition) is 1. The van der Waals surface area contributed by atoms with E-state index in [0.29, 0.717) is 11.5 Å². The van der Waals surface area contributed by atoms with Crippen molar-refractivity contribution in [2.45, 2.75) is 76.2 Å². The van der Waals surface area contributed by atoms with Crippen molar-refractivity contribution in [2.24, 2.45) is 0 Å². The topological polar surface area (TPSA) is 9.23 Å². The van der Waals surface area contributed by atoms with Crippen molar-refractivity contribution in [3.63, 3.8) is 0 Å². The van der Waals surface area contributed by atoms with Gasteiger partial charge in [0, 0.05) is 12.0 Å². The van der Waals surface area contributed by atoms with Crippen molar-refractivity contribution in [3.05, 3.63) is 0 Å². The van der Waals surface area contributed by atoms with Crippen molar-refractivity contribution >= 4 is 11.6 Å². The quantitative estimate of drug-likeness (QED) is 0.442. The van der Waals surface area contributed by atoms with E-state index in [1.54, 1.807) is 0 Å². The van der Waals surface area contributed by atoms with Crippen LogP contribution in [0.15, 0.2) is 0 Å². The summed E-state index contributed by atoms with van der Waals surface area (Å²) in [7, 11) is 0. The summed E-state index contributed by atoms with van der Waals surface area (Å²) in [5.74, 6) is 0. The monoisotopic (exact) mass is 232 g/mol. The third kappa shape index (κ3) is 6.42. The first kappa shape index (κ1) is 13.3. The number of ether oxygens (including phenoxy) is 1. The van der Waals surface area contributed by atoms with Gasteiger partial charge in [-0.05, 0) is 32.1 Å². The zero-order chi connectivity index (χ0) is 10.9. The second-order valence-corrected chi connectivity index (χ2v) is 5.28. The van der Waals surface area contributed by atoms with Gasteiger partial charge in [0.15, 0.2) is 0 Å². The summed E-state index contributed by atoms with van der Waals surface area (Å²) < 4.78 is 5.59. The highest BCUT2D eigenvalue weighted by Crippen LogP contribution is 2.19. The molecular weight excluding hydrogens is 208 g/mol. The van der Waals surface area contributed by atoms with E-state index in [4.69, 9.17) is 16.3 Å². The molecule has 0 radical (unpaired) electrons. The molecule has 1 aliphatic heterocycles. The van der Waals surface area contributed by atoms with Gasteiger partial charge in [-0.2, -0.15) is 0 Å². The largest absolute Gasteiger partial charge is 0.378 e. The third-order valence-electron chi connectivity index (χ3n) is 3.17. The van der Waals surface area contributed by atoms with Gasteiger partial charge in [0.1, 0.15) is 0 Å². The second kappa shape index (κ2) is 8.41. The fourth-order valence-corrected chi connectivity index (χ4v) is 2.62. The Morgan fingerprint density at radius 2 is 2.13 bits per heavy atom. The van der Waals surface area contributed by atoms with E-state index in [1.807, 2.05) is 0 Å². The Hall–Kier alpha value is 0.250. The molecule has 0 spiro atoms. The standard InChI is InChI=1S/C13H25ClO/c1-2-7-12(14)8-4-3-5-9-13-10-6-11-15-13/h12-13H,2-11H2,1H3. The van der Waals surface area contributed by atoms with Crippen LogP contribution in [0.4, 0.5) is 0 Å². The fraction of sp³-hybridized carbons (Fsp3) is 1.00. The summed E-state index contributed by atoms with van der Waals surface area (Å²) in [5.41, 5.74) is 0. The average Bonchev–Trinajstić information content (AvgIpc) is 2.70. The molecule has 1 nitrogen and oxygen atoms in total. The first-order chi connectivity index (χ1) is 7.33. The SMILES string of the molecule is CCCC(Cl)CCCCCC1CCCO1. The molecule has 2 unspecified atom stereocenters. The van der Waals surface area contributed by atoms with Crippen molar-refractivity contribution in [1.82, 2.24) is 0 Å². The lowest BCUT2D eigenvalue weighted by Gasteiger charge is -2.10. The summed E-state index contributed by atoms with van der Waals surface area (Å²) in [5, 5.41) is 0.415. The van der Waals surface area contributed by atoms with Crippen molar-refractivity contribution in [2.75, 3.05) is 6.61 Å².